The van der Waals surface area contributed by atoms with E-state index in [1.807, 2.05) is 0 Å². The van der Waals surface area contributed by atoms with Crippen LogP contribution in [0.15, 0.2) is 28.8 Å². The molecule has 1 atom stereocenters. The lowest BCUT2D eigenvalue weighted by molar-refractivity contribution is -0.137. The zero-order valence-electron chi connectivity index (χ0n) is 12.4. The molecule has 124 valence electrons. The van der Waals surface area contributed by atoms with Gasteiger partial charge in [-0.3, -0.25) is 4.79 Å². The fraction of sp³-hybridized carbons (Fsp3) is 0.333. The topological polar surface area (TPSA) is 75.4 Å². The van der Waals surface area contributed by atoms with Gasteiger partial charge >= 0.3 is 6.18 Å². The minimum Gasteiger partial charge on any atom is -0.378 e. The number of amides is 1. The lowest BCUT2D eigenvalue weighted by atomic mass is 10.1. The zero-order chi connectivity index (χ0) is 17.2. The Bertz CT molecular complexity index is 673. The summed E-state index contributed by atoms with van der Waals surface area (Å²) in [5, 5.41) is 16.2. The minimum absolute atomic E-state index is 0.0780. The first-order valence-corrected chi connectivity index (χ1v) is 6.75. The van der Waals surface area contributed by atoms with Crippen LogP contribution in [0, 0.1) is 13.8 Å². The molecule has 2 aromatic rings. The normalized spacial score (nSPS) is 13.0. The Morgan fingerprint density at radius 2 is 1.91 bits per heavy atom. The van der Waals surface area contributed by atoms with Crippen LogP contribution in [0.25, 0.3) is 0 Å². The van der Waals surface area contributed by atoms with E-state index >= 15 is 0 Å². The van der Waals surface area contributed by atoms with Crippen LogP contribution in [0.4, 0.5) is 13.2 Å². The molecule has 0 aliphatic heterocycles. The number of benzene rings is 1. The first kappa shape index (κ1) is 17.0. The number of alkyl halides is 3. The minimum atomic E-state index is -4.46. The second-order valence-corrected chi connectivity index (χ2v) is 5.04. The highest BCUT2D eigenvalue weighted by atomic mass is 19.4. The van der Waals surface area contributed by atoms with Gasteiger partial charge in [-0.25, -0.2) is 0 Å². The molecule has 0 unspecified atom stereocenters. The van der Waals surface area contributed by atoms with Crippen molar-refractivity contribution in [1.29, 1.82) is 0 Å². The number of aliphatic hydroxyl groups excluding tert-OH is 1. The van der Waals surface area contributed by atoms with Gasteiger partial charge in [0.25, 0.3) is 5.91 Å². The maximum Gasteiger partial charge on any atom is 0.416 e. The Labute approximate surface area is 130 Å². The maximum absolute atomic E-state index is 12.5. The van der Waals surface area contributed by atoms with Crippen LogP contribution in [0.2, 0.25) is 0 Å². The van der Waals surface area contributed by atoms with E-state index in [0.29, 0.717) is 17.0 Å². The first-order chi connectivity index (χ1) is 10.7. The van der Waals surface area contributed by atoms with Crippen LogP contribution < -0.4 is 5.32 Å². The maximum atomic E-state index is 12.5. The van der Waals surface area contributed by atoms with Crippen molar-refractivity contribution in [3.8, 4) is 0 Å². The van der Waals surface area contributed by atoms with Crippen LogP contribution in [-0.2, 0) is 17.5 Å². The molecule has 0 fully saturated rings. The van der Waals surface area contributed by atoms with E-state index in [1.165, 1.54) is 0 Å². The van der Waals surface area contributed by atoms with Crippen LogP contribution in [0.3, 0.4) is 0 Å². The Morgan fingerprint density at radius 1 is 1.30 bits per heavy atom. The standard InChI is InChI=1S/C15H15F3N2O3/c1-8-12(9(2)23-20-8)7-19-14(22)13(21)10-3-5-11(6-4-10)15(16,17)18/h3-6,13,21H,7H2,1-2H3,(H,19,22)/t13-/m1/s1. The summed E-state index contributed by atoms with van der Waals surface area (Å²) >= 11 is 0. The average molecular weight is 328 g/mol. The van der Waals surface area contributed by atoms with Crippen molar-refractivity contribution in [3.63, 3.8) is 0 Å². The fourth-order valence-corrected chi connectivity index (χ4v) is 2.03. The van der Waals surface area contributed by atoms with Gasteiger partial charge in [0.05, 0.1) is 11.3 Å². The van der Waals surface area contributed by atoms with Gasteiger partial charge in [0.15, 0.2) is 6.10 Å². The summed E-state index contributed by atoms with van der Waals surface area (Å²) in [5.41, 5.74) is 0.545. The van der Waals surface area contributed by atoms with Crippen molar-refractivity contribution >= 4 is 5.91 Å². The van der Waals surface area contributed by atoms with Crippen molar-refractivity contribution in [2.45, 2.75) is 32.7 Å². The number of carbonyl (C=O) groups excluding carboxylic acids is 1. The van der Waals surface area contributed by atoms with Crippen molar-refractivity contribution < 1.29 is 27.6 Å². The molecule has 0 spiro atoms. The number of halogens is 3. The van der Waals surface area contributed by atoms with E-state index in [9.17, 15) is 23.1 Å². The molecular formula is C15H15F3N2O3. The van der Waals surface area contributed by atoms with Crippen LogP contribution in [0.5, 0.6) is 0 Å². The van der Waals surface area contributed by atoms with Gasteiger partial charge in [0, 0.05) is 12.1 Å². The number of hydrogen-bond acceptors (Lipinski definition) is 4. The zero-order valence-corrected chi connectivity index (χ0v) is 12.4. The first-order valence-electron chi connectivity index (χ1n) is 6.75. The summed E-state index contributed by atoms with van der Waals surface area (Å²) in [5.74, 6) is -0.170. The predicted octanol–water partition coefficient (Wildman–Crippen LogP) is 2.66. The quantitative estimate of drug-likeness (QED) is 0.905. The third-order valence-electron chi connectivity index (χ3n) is 3.42. The highest BCUT2D eigenvalue weighted by Gasteiger charge is 2.30. The van der Waals surface area contributed by atoms with E-state index in [-0.39, 0.29) is 12.1 Å². The van der Waals surface area contributed by atoms with Crippen molar-refractivity contribution in [3.05, 3.63) is 52.4 Å². The molecule has 8 heteroatoms. The lowest BCUT2D eigenvalue weighted by Crippen LogP contribution is -2.29. The summed E-state index contributed by atoms with van der Waals surface area (Å²) < 4.78 is 42.4. The number of carbonyl (C=O) groups is 1. The van der Waals surface area contributed by atoms with Crippen LogP contribution >= 0.6 is 0 Å². The van der Waals surface area contributed by atoms with Gasteiger partial charge in [-0.05, 0) is 31.5 Å². The van der Waals surface area contributed by atoms with Gasteiger partial charge in [0.2, 0.25) is 0 Å². The van der Waals surface area contributed by atoms with Gasteiger partial charge in [-0.1, -0.05) is 17.3 Å². The van der Waals surface area contributed by atoms with Gasteiger partial charge in [-0.2, -0.15) is 13.2 Å². The van der Waals surface area contributed by atoms with E-state index in [2.05, 4.69) is 10.5 Å². The number of nitrogens with zero attached hydrogens (tertiary/aromatic N) is 1. The number of hydrogen-bond donors (Lipinski definition) is 2. The number of aromatic nitrogens is 1. The number of aliphatic hydroxyl groups is 1. The predicted molar refractivity (Wildman–Crippen MR) is 74.2 cm³/mol. The summed E-state index contributed by atoms with van der Waals surface area (Å²) in [7, 11) is 0. The molecule has 5 nitrogen and oxygen atoms in total. The third kappa shape index (κ3) is 3.89. The molecule has 0 aliphatic rings. The fourth-order valence-electron chi connectivity index (χ4n) is 2.03. The molecule has 2 N–H and O–H groups in total. The van der Waals surface area contributed by atoms with E-state index < -0.39 is 23.8 Å². The largest absolute Gasteiger partial charge is 0.416 e. The number of aryl methyl sites for hydroxylation is 2. The number of rotatable bonds is 4. The van der Waals surface area contributed by atoms with E-state index in [1.54, 1.807) is 13.8 Å². The number of nitrogens with one attached hydrogen (secondary N) is 1. The Kier molecular flexibility index (Phi) is 4.74. The van der Waals surface area contributed by atoms with Crippen molar-refractivity contribution in [2.24, 2.45) is 0 Å². The molecule has 0 aliphatic carbocycles. The summed E-state index contributed by atoms with van der Waals surface area (Å²) in [4.78, 5) is 11.9. The summed E-state index contributed by atoms with van der Waals surface area (Å²) in [6, 6.07) is 3.78. The lowest BCUT2D eigenvalue weighted by Gasteiger charge is -2.13. The molecule has 0 radical (unpaired) electrons. The summed E-state index contributed by atoms with van der Waals surface area (Å²) in [6.07, 6.45) is -6.02. The van der Waals surface area contributed by atoms with Crippen LogP contribution in [0.1, 0.15) is 34.2 Å². The highest BCUT2D eigenvalue weighted by molar-refractivity contribution is 5.81. The Balaban J connectivity index is 2.02. The Morgan fingerprint density at radius 3 is 2.39 bits per heavy atom. The monoisotopic (exact) mass is 328 g/mol. The second kappa shape index (κ2) is 6.41. The molecule has 1 aromatic carbocycles. The van der Waals surface area contributed by atoms with Gasteiger partial charge < -0.3 is 14.9 Å². The molecule has 23 heavy (non-hydrogen) atoms. The molecule has 0 saturated heterocycles. The molecule has 0 bridgehead atoms. The molecular weight excluding hydrogens is 313 g/mol. The molecule has 1 aromatic heterocycles. The molecule has 2 rings (SSSR count). The van der Waals surface area contributed by atoms with Gasteiger partial charge in [0.1, 0.15) is 5.76 Å². The smallest absolute Gasteiger partial charge is 0.378 e. The van der Waals surface area contributed by atoms with Gasteiger partial charge in [-0.15, -0.1) is 0 Å². The molecule has 0 saturated carbocycles. The molecule has 1 amide bonds. The highest BCUT2D eigenvalue weighted by Crippen LogP contribution is 2.30. The third-order valence-corrected chi connectivity index (χ3v) is 3.42. The average Bonchev–Trinajstić information content (AvgIpc) is 2.82. The second-order valence-electron chi connectivity index (χ2n) is 5.04. The van der Waals surface area contributed by atoms with E-state index in [0.717, 1.165) is 24.3 Å². The van der Waals surface area contributed by atoms with Crippen molar-refractivity contribution in [1.82, 2.24) is 10.5 Å². The summed E-state index contributed by atoms with van der Waals surface area (Å²) in [6.45, 7) is 3.51. The van der Waals surface area contributed by atoms with Crippen molar-refractivity contribution in [2.75, 3.05) is 0 Å². The SMILES string of the molecule is Cc1noc(C)c1CNC(=O)[C@H](O)c1ccc(C(F)(F)F)cc1. The van der Waals surface area contributed by atoms with Crippen LogP contribution in [-0.4, -0.2) is 16.2 Å². The van der Waals surface area contributed by atoms with E-state index in [4.69, 9.17) is 4.52 Å². The molecule has 1 heterocycles. The Hall–Kier alpha value is -2.35.